The molecule has 2 aromatic rings. The lowest BCUT2D eigenvalue weighted by atomic mass is 9.99. The van der Waals surface area contributed by atoms with Gasteiger partial charge in [0, 0.05) is 38.3 Å². The molecule has 0 bridgehead atoms. The van der Waals surface area contributed by atoms with E-state index in [0.717, 1.165) is 69.3 Å². The summed E-state index contributed by atoms with van der Waals surface area (Å²) in [5, 5.41) is 0.999. The Kier molecular flexibility index (Phi) is 9.62. The number of carbonyl (C=O) groups is 1. The number of hydrogen-bond acceptors (Lipinski definition) is 5. The van der Waals surface area contributed by atoms with Crippen LogP contribution in [0.15, 0.2) is 47.4 Å². The standard InChI is InChI=1S/C27H35Cl2N3O4S/c1-2-3-4-20-5-8-24(9-6-20)37(34,35)30-27(33)32-15-11-21(12-16-32)31-17-13-22(14-18-31)36-23-7-10-25(28)26(29)19-23/h5-10,19,21-22H,2-4,11-18H2,1H3,(H,30,33). The number of carbonyl (C=O) groups excluding carboxylic acids is 1. The summed E-state index contributed by atoms with van der Waals surface area (Å²) < 4.78 is 33.8. The average molecular weight is 569 g/mol. The monoisotopic (exact) mass is 567 g/mol. The fourth-order valence-electron chi connectivity index (χ4n) is 4.99. The predicted molar refractivity (Wildman–Crippen MR) is 147 cm³/mol. The zero-order valence-corrected chi connectivity index (χ0v) is 23.5. The van der Waals surface area contributed by atoms with Crippen LogP contribution in [0, 0.1) is 0 Å². The van der Waals surface area contributed by atoms with E-state index in [0.29, 0.717) is 29.2 Å². The lowest BCUT2D eigenvalue weighted by molar-refractivity contribution is 0.0540. The average Bonchev–Trinajstić information content (AvgIpc) is 2.90. The van der Waals surface area contributed by atoms with E-state index in [2.05, 4.69) is 16.5 Å². The molecule has 2 aromatic carbocycles. The van der Waals surface area contributed by atoms with Gasteiger partial charge in [0.2, 0.25) is 0 Å². The Hall–Kier alpha value is -2.00. The second-order valence-electron chi connectivity index (χ2n) is 9.81. The van der Waals surface area contributed by atoms with Crippen LogP contribution in [0.4, 0.5) is 4.79 Å². The van der Waals surface area contributed by atoms with Gasteiger partial charge in [0.15, 0.2) is 0 Å². The number of amides is 2. The zero-order valence-electron chi connectivity index (χ0n) is 21.2. The Balaban J connectivity index is 1.21. The molecule has 202 valence electrons. The highest BCUT2D eigenvalue weighted by atomic mass is 35.5. The van der Waals surface area contributed by atoms with Crippen LogP contribution in [-0.2, 0) is 16.4 Å². The number of halogens is 2. The highest BCUT2D eigenvalue weighted by Gasteiger charge is 2.31. The van der Waals surface area contributed by atoms with Gasteiger partial charge in [-0.3, -0.25) is 4.90 Å². The maximum Gasteiger partial charge on any atom is 0.331 e. The summed E-state index contributed by atoms with van der Waals surface area (Å²) in [5.74, 6) is 0.731. The van der Waals surface area contributed by atoms with Gasteiger partial charge in [-0.1, -0.05) is 48.7 Å². The smallest absolute Gasteiger partial charge is 0.331 e. The summed E-state index contributed by atoms with van der Waals surface area (Å²) in [7, 11) is -3.90. The number of urea groups is 1. The molecule has 2 saturated heterocycles. The van der Waals surface area contributed by atoms with Crippen LogP contribution in [0.2, 0.25) is 10.0 Å². The van der Waals surface area contributed by atoms with E-state index >= 15 is 0 Å². The number of unbranched alkanes of at least 4 members (excludes halogenated alkanes) is 1. The number of nitrogens with one attached hydrogen (secondary N) is 1. The summed E-state index contributed by atoms with van der Waals surface area (Å²) in [6.07, 6.45) is 6.65. The molecule has 0 aliphatic carbocycles. The largest absolute Gasteiger partial charge is 0.490 e. The van der Waals surface area contributed by atoms with Gasteiger partial charge in [-0.05, 0) is 68.4 Å². The van der Waals surface area contributed by atoms with Crippen molar-refractivity contribution in [3.05, 3.63) is 58.1 Å². The third-order valence-corrected chi connectivity index (χ3v) is 9.29. The van der Waals surface area contributed by atoms with Gasteiger partial charge in [-0.15, -0.1) is 0 Å². The quantitative estimate of drug-likeness (QED) is 0.439. The minimum Gasteiger partial charge on any atom is -0.490 e. The van der Waals surface area contributed by atoms with Crippen LogP contribution < -0.4 is 9.46 Å². The van der Waals surface area contributed by atoms with Crippen LogP contribution in [0.3, 0.4) is 0 Å². The highest BCUT2D eigenvalue weighted by Crippen LogP contribution is 2.29. The van der Waals surface area contributed by atoms with Crippen molar-refractivity contribution in [2.24, 2.45) is 0 Å². The first-order chi connectivity index (χ1) is 17.7. The Morgan fingerprint density at radius 3 is 2.27 bits per heavy atom. The number of hydrogen-bond donors (Lipinski definition) is 1. The summed E-state index contributed by atoms with van der Waals surface area (Å²) in [5.41, 5.74) is 1.10. The molecule has 4 rings (SSSR count). The van der Waals surface area contributed by atoms with Crippen LogP contribution in [-0.4, -0.2) is 62.6 Å². The molecule has 2 fully saturated rings. The van der Waals surface area contributed by atoms with Crippen molar-refractivity contribution in [3.63, 3.8) is 0 Å². The molecule has 10 heteroatoms. The normalized spacial score (nSPS) is 18.1. The molecule has 2 aliphatic heterocycles. The van der Waals surface area contributed by atoms with Gasteiger partial charge < -0.3 is 9.64 Å². The van der Waals surface area contributed by atoms with Crippen LogP contribution >= 0.6 is 23.2 Å². The molecule has 0 radical (unpaired) electrons. The third kappa shape index (κ3) is 7.53. The molecule has 1 N–H and O–H groups in total. The number of nitrogens with zero attached hydrogens (tertiary/aromatic N) is 2. The van der Waals surface area contributed by atoms with E-state index < -0.39 is 16.1 Å². The third-order valence-electron chi connectivity index (χ3n) is 7.21. The Labute approximate surface area is 230 Å². The first kappa shape index (κ1) is 28.0. The fourth-order valence-corrected chi connectivity index (χ4v) is 6.25. The maximum atomic E-state index is 12.7. The topological polar surface area (TPSA) is 79.0 Å². The van der Waals surface area contributed by atoms with Crippen LogP contribution in [0.25, 0.3) is 0 Å². The molecule has 0 saturated carbocycles. The van der Waals surface area contributed by atoms with E-state index in [1.807, 2.05) is 18.2 Å². The molecular formula is C27H35Cl2N3O4S. The van der Waals surface area contributed by atoms with Crippen LogP contribution in [0.1, 0.15) is 51.0 Å². The fraction of sp³-hybridized carbons (Fsp3) is 0.519. The Bertz CT molecular complexity index is 1160. The Morgan fingerprint density at radius 1 is 0.973 bits per heavy atom. The molecule has 7 nitrogen and oxygen atoms in total. The molecule has 0 atom stereocenters. The molecule has 2 amide bonds. The predicted octanol–water partition coefficient (Wildman–Crippen LogP) is 5.74. The van der Waals surface area contributed by atoms with Crippen molar-refractivity contribution in [1.82, 2.24) is 14.5 Å². The van der Waals surface area contributed by atoms with Gasteiger partial charge in [-0.2, -0.15) is 0 Å². The van der Waals surface area contributed by atoms with E-state index in [1.54, 1.807) is 29.2 Å². The van der Waals surface area contributed by atoms with Crippen molar-refractivity contribution in [1.29, 1.82) is 0 Å². The van der Waals surface area contributed by atoms with E-state index in [1.165, 1.54) is 0 Å². The number of rotatable bonds is 8. The second-order valence-corrected chi connectivity index (χ2v) is 12.3. The van der Waals surface area contributed by atoms with Crippen LogP contribution in [0.5, 0.6) is 5.75 Å². The minimum atomic E-state index is -3.90. The first-order valence-electron chi connectivity index (χ1n) is 13.0. The molecule has 2 aliphatic rings. The van der Waals surface area contributed by atoms with Crippen molar-refractivity contribution < 1.29 is 17.9 Å². The number of piperidine rings is 2. The lowest BCUT2D eigenvalue weighted by Crippen LogP contribution is -2.52. The number of aryl methyl sites for hydroxylation is 1. The maximum absolute atomic E-state index is 12.7. The molecule has 0 spiro atoms. The van der Waals surface area contributed by atoms with Crippen molar-refractivity contribution in [3.8, 4) is 5.75 Å². The molecule has 0 unspecified atom stereocenters. The summed E-state index contributed by atoms with van der Waals surface area (Å²) in [6, 6.07) is 11.9. The van der Waals surface area contributed by atoms with Gasteiger partial charge >= 0.3 is 6.03 Å². The second kappa shape index (κ2) is 12.7. The van der Waals surface area contributed by atoms with Gasteiger partial charge in [0.25, 0.3) is 10.0 Å². The summed E-state index contributed by atoms with van der Waals surface area (Å²) in [4.78, 5) is 16.9. The van der Waals surface area contributed by atoms with Gasteiger partial charge in [0.05, 0.1) is 14.9 Å². The molecule has 0 aromatic heterocycles. The van der Waals surface area contributed by atoms with Crippen molar-refractivity contribution in [2.45, 2.75) is 68.9 Å². The minimum absolute atomic E-state index is 0.113. The lowest BCUT2D eigenvalue weighted by Gasteiger charge is -2.41. The Morgan fingerprint density at radius 2 is 1.65 bits per heavy atom. The van der Waals surface area contributed by atoms with Crippen molar-refractivity contribution in [2.75, 3.05) is 26.2 Å². The molecular weight excluding hydrogens is 533 g/mol. The number of benzene rings is 2. The highest BCUT2D eigenvalue weighted by molar-refractivity contribution is 7.90. The zero-order chi connectivity index (χ0) is 26.4. The SMILES string of the molecule is CCCCc1ccc(S(=O)(=O)NC(=O)N2CCC(N3CCC(Oc4ccc(Cl)c(Cl)c4)CC3)CC2)cc1. The molecule has 2 heterocycles. The number of sulfonamides is 1. The van der Waals surface area contributed by atoms with E-state index in [9.17, 15) is 13.2 Å². The molecule has 37 heavy (non-hydrogen) atoms. The van der Waals surface area contributed by atoms with Crippen molar-refractivity contribution >= 4 is 39.3 Å². The number of likely N-dealkylation sites (tertiary alicyclic amines) is 2. The van der Waals surface area contributed by atoms with E-state index in [-0.39, 0.29) is 11.0 Å². The summed E-state index contributed by atoms with van der Waals surface area (Å²) in [6.45, 7) is 5.02. The number of ether oxygens (including phenoxy) is 1. The first-order valence-corrected chi connectivity index (χ1v) is 15.3. The summed E-state index contributed by atoms with van der Waals surface area (Å²) >= 11 is 12.1. The van der Waals surface area contributed by atoms with Gasteiger partial charge in [-0.25, -0.2) is 17.9 Å². The van der Waals surface area contributed by atoms with E-state index in [4.69, 9.17) is 27.9 Å². The van der Waals surface area contributed by atoms with Gasteiger partial charge in [0.1, 0.15) is 11.9 Å².